The molecule has 0 aliphatic carbocycles. The maximum Gasteiger partial charge on any atom is 0.213 e. The highest BCUT2D eigenvalue weighted by Crippen LogP contribution is 2.27. The Kier molecular flexibility index (Phi) is 4.31. The molecule has 2 aromatic heterocycles. The molecule has 3 rings (SSSR count). The van der Waals surface area contributed by atoms with Crippen molar-refractivity contribution in [2.75, 3.05) is 13.1 Å². The van der Waals surface area contributed by atoms with E-state index in [2.05, 4.69) is 28.8 Å². The van der Waals surface area contributed by atoms with Crippen molar-refractivity contribution >= 4 is 22.6 Å². The fourth-order valence-corrected chi connectivity index (χ4v) is 3.40. The maximum absolute atomic E-state index is 11.3. The van der Waals surface area contributed by atoms with Gasteiger partial charge in [0.1, 0.15) is 16.4 Å². The van der Waals surface area contributed by atoms with Crippen LogP contribution < -0.4 is 0 Å². The summed E-state index contributed by atoms with van der Waals surface area (Å²) < 4.78 is 1.79. The summed E-state index contributed by atoms with van der Waals surface area (Å²) >= 11 is 1.54. The summed E-state index contributed by atoms with van der Waals surface area (Å²) in [6, 6.07) is 9.80. The van der Waals surface area contributed by atoms with Gasteiger partial charge >= 0.3 is 0 Å². The van der Waals surface area contributed by atoms with Crippen molar-refractivity contribution in [3.8, 4) is 11.3 Å². The molecule has 0 saturated heterocycles. The van der Waals surface area contributed by atoms with Gasteiger partial charge in [-0.05, 0) is 13.1 Å². The van der Waals surface area contributed by atoms with E-state index in [-0.39, 0.29) is 0 Å². The number of hydrogen-bond donors (Lipinski definition) is 0. The highest BCUT2D eigenvalue weighted by molar-refractivity contribution is 7.16. The Morgan fingerprint density at radius 3 is 2.59 bits per heavy atom. The number of hydrogen-bond acceptors (Lipinski definition) is 5. The Morgan fingerprint density at radius 2 is 1.95 bits per heavy atom. The molecule has 0 spiro atoms. The van der Waals surface area contributed by atoms with Crippen LogP contribution in [0.1, 0.15) is 29.3 Å². The Balaban J connectivity index is 2.06. The smallest absolute Gasteiger partial charge is 0.213 e. The molecule has 0 N–H and O–H groups in total. The lowest BCUT2D eigenvalue weighted by atomic mass is 10.1. The van der Waals surface area contributed by atoms with Gasteiger partial charge in [-0.2, -0.15) is 5.10 Å². The molecule has 0 aliphatic heterocycles. The number of carbonyl (C=O) groups excluding carboxylic acids is 1. The molecule has 3 aromatic rings. The van der Waals surface area contributed by atoms with Gasteiger partial charge in [0.15, 0.2) is 6.29 Å². The highest BCUT2D eigenvalue weighted by atomic mass is 32.1. The van der Waals surface area contributed by atoms with Crippen LogP contribution >= 0.6 is 11.3 Å². The molecule has 0 atom stereocenters. The number of rotatable bonds is 6. The lowest BCUT2D eigenvalue weighted by molar-refractivity contribution is 0.112. The molecule has 114 valence electrons. The Morgan fingerprint density at radius 1 is 1.23 bits per heavy atom. The Labute approximate surface area is 133 Å². The first-order valence-electron chi connectivity index (χ1n) is 7.38. The average Bonchev–Trinajstić information content (AvgIpc) is 3.09. The minimum Gasteiger partial charge on any atom is -0.297 e. The van der Waals surface area contributed by atoms with Crippen LogP contribution in [0.3, 0.4) is 0 Å². The molecule has 0 bridgehead atoms. The lowest BCUT2D eigenvalue weighted by Crippen LogP contribution is -2.22. The normalized spacial score (nSPS) is 11.4. The van der Waals surface area contributed by atoms with E-state index in [0.29, 0.717) is 5.69 Å². The quantitative estimate of drug-likeness (QED) is 0.656. The zero-order valence-electron chi connectivity index (χ0n) is 12.7. The van der Waals surface area contributed by atoms with Gasteiger partial charge in [0.2, 0.25) is 4.96 Å². The van der Waals surface area contributed by atoms with E-state index >= 15 is 0 Å². The van der Waals surface area contributed by atoms with Crippen molar-refractivity contribution in [3.63, 3.8) is 0 Å². The fourth-order valence-electron chi connectivity index (χ4n) is 2.45. The summed E-state index contributed by atoms with van der Waals surface area (Å²) in [7, 11) is 0. The third-order valence-electron chi connectivity index (χ3n) is 3.68. The Bertz CT molecular complexity index is 774. The zero-order chi connectivity index (χ0) is 15.5. The minimum absolute atomic E-state index is 0.444. The van der Waals surface area contributed by atoms with Gasteiger partial charge in [-0.1, -0.05) is 55.5 Å². The fraction of sp³-hybridized carbons (Fsp3) is 0.312. The molecule has 0 unspecified atom stereocenters. The topological polar surface area (TPSA) is 50.5 Å². The van der Waals surface area contributed by atoms with E-state index in [1.54, 1.807) is 15.9 Å². The van der Waals surface area contributed by atoms with Gasteiger partial charge in [0.25, 0.3) is 0 Å². The van der Waals surface area contributed by atoms with Crippen LogP contribution in [0, 0.1) is 0 Å². The van der Waals surface area contributed by atoms with Crippen LogP contribution in [0.2, 0.25) is 0 Å². The highest BCUT2D eigenvalue weighted by Gasteiger charge is 2.18. The summed E-state index contributed by atoms with van der Waals surface area (Å²) in [5.74, 6) is 0. The second-order valence-electron chi connectivity index (χ2n) is 4.98. The molecule has 0 amide bonds. The monoisotopic (exact) mass is 314 g/mol. The largest absolute Gasteiger partial charge is 0.297 e. The first kappa shape index (κ1) is 14.9. The second kappa shape index (κ2) is 6.37. The molecule has 5 nitrogen and oxygen atoms in total. The van der Waals surface area contributed by atoms with E-state index in [9.17, 15) is 4.79 Å². The van der Waals surface area contributed by atoms with Gasteiger partial charge in [0, 0.05) is 5.56 Å². The lowest BCUT2D eigenvalue weighted by Gasteiger charge is -2.15. The van der Waals surface area contributed by atoms with Crippen molar-refractivity contribution in [2.24, 2.45) is 0 Å². The third kappa shape index (κ3) is 2.67. The van der Waals surface area contributed by atoms with Gasteiger partial charge in [0.05, 0.1) is 6.54 Å². The predicted molar refractivity (Wildman–Crippen MR) is 88.3 cm³/mol. The maximum atomic E-state index is 11.3. The van der Waals surface area contributed by atoms with Gasteiger partial charge in [-0.25, -0.2) is 9.50 Å². The number of fused-ring (bicyclic) bond motifs is 1. The minimum atomic E-state index is 0.444. The summed E-state index contributed by atoms with van der Waals surface area (Å²) in [5.41, 5.74) is 2.17. The standard InChI is InChI=1S/C16H18N4OS/c1-3-19(4-2)10-14-18-20-15(12-8-6-5-7-9-12)13(11-21)17-16(20)22-14/h5-9,11H,3-4,10H2,1-2H3. The molecule has 1 aromatic carbocycles. The first-order valence-corrected chi connectivity index (χ1v) is 8.19. The number of benzene rings is 1. The molecule has 0 saturated carbocycles. The molecule has 0 fully saturated rings. The predicted octanol–water partition coefficient (Wildman–Crippen LogP) is 3.11. The van der Waals surface area contributed by atoms with Crippen LogP contribution in [-0.4, -0.2) is 38.9 Å². The molecule has 22 heavy (non-hydrogen) atoms. The summed E-state index contributed by atoms with van der Waals surface area (Å²) in [5, 5.41) is 5.68. The summed E-state index contributed by atoms with van der Waals surface area (Å²) in [6.45, 7) is 7.07. The Hall–Kier alpha value is -2.05. The number of aromatic nitrogens is 3. The van der Waals surface area contributed by atoms with Crippen LogP contribution in [0.15, 0.2) is 30.3 Å². The number of aldehydes is 1. The van der Waals surface area contributed by atoms with E-state index in [1.807, 2.05) is 30.3 Å². The number of imidazole rings is 1. The summed E-state index contributed by atoms with van der Waals surface area (Å²) in [4.78, 5) is 18.8. The zero-order valence-corrected chi connectivity index (χ0v) is 13.5. The van der Waals surface area contributed by atoms with E-state index in [4.69, 9.17) is 0 Å². The number of carbonyl (C=O) groups is 1. The van der Waals surface area contributed by atoms with E-state index < -0.39 is 0 Å². The SMILES string of the molecule is CCN(CC)Cc1nn2c(-c3ccccc3)c(C=O)nc2s1. The van der Waals surface area contributed by atoms with Crippen molar-refractivity contribution in [3.05, 3.63) is 41.0 Å². The molecule has 0 aliphatic rings. The van der Waals surface area contributed by atoms with Crippen LogP contribution in [-0.2, 0) is 6.54 Å². The molecular weight excluding hydrogens is 296 g/mol. The van der Waals surface area contributed by atoms with E-state index in [0.717, 1.165) is 47.1 Å². The second-order valence-corrected chi connectivity index (χ2v) is 6.02. The third-order valence-corrected chi connectivity index (χ3v) is 4.58. The van der Waals surface area contributed by atoms with Gasteiger partial charge in [-0.3, -0.25) is 9.69 Å². The number of nitrogens with zero attached hydrogens (tertiary/aromatic N) is 4. The van der Waals surface area contributed by atoms with Crippen molar-refractivity contribution < 1.29 is 4.79 Å². The molecule has 2 heterocycles. The van der Waals surface area contributed by atoms with Crippen LogP contribution in [0.5, 0.6) is 0 Å². The van der Waals surface area contributed by atoms with Crippen LogP contribution in [0.4, 0.5) is 0 Å². The van der Waals surface area contributed by atoms with E-state index in [1.165, 1.54) is 0 Å². The summed E-state index contributed by atoms with van der Waals surface area (Å²) in [6.07, 6.45) is 0.799. The van der Waals surface area contributed by atoms with Crippen LogP contribution in [0.25, 0.3) is 16.2 Å². The molecular formula is C16H18N4OS. The van der Waals surface area contributed by atoms with Gasteiger partial charge in [-0.15, -0.1) is 0 Å². The van der Waals surface area contributed by atoms with Crippen molar-refractivity contribution in [1.82, 2.24) is 19.5 Å². The van der Waals surface area contributed by atoms with Crippen molar-refractivity contribution in [1.29, 1.82) is 0 Å². The van der Waals surface area contributed by atoms with Crippen molar-refractivity contribution in [2.45, 2.75) is 20.4 Å². The molecule has 6 heteroatoms. The molecule has 0 radical (unpaired) electrons. The first-order chi connectivity index (χ1) is 10.8. The van der Waals surface area contributed by atoms with Gasteiger partial charge < -0.3 is 0 Å². The average molecular weight is 314 g/mol.